The highest BCUT2D eigenvalue weighted by Crippen LogP contribution is 2.53. The van der Waals surface area contributed by atoms with E-state index in [9.17, 15) is 0 Å². The Kier molecular flexibility index (Phi) is 3.29. The topological polar surface area (TPSA) is 21.3 Å². The molecule has 0 saturated heterocycles. The highest BCUT2D eigenvalue weighted by molar-refractivity contribution is 5.43. The van der Waals surface area contributed by atoms with Crippen LogP contribution in [0.3, 0.4) is 0 Å². The summed E-state index contributed by atoms with van der Waals surface area (Å²) in [6, 6.07) is 8.66. The maximum absolute atomic E-state index is 6.42. The minimum absolute atomic E-state index is 0.110. The van der Waals surface area contributed by atoms with Crippen LogP contribution in [0.25, 0.3) is 0 Å². The van der Waals surface area contributed by atoms with E-state index in [1.54, 1.807) is 0 Å². The summed E-state index contributed by atoms with van der Waals surface area (Å²) in [5, 5.41) is 3.25. The third kappa shape index (κ3) is 1.93. The van der Waals surface area contributed by atoms with Gasteiger partial charge in [-0.15, -0.1) is 0 Å². The largest absolute Gasteiger partial charge is 0.486 e. The van der Waals surface area contributed by atoms with Crippen LogP contribution in [0.4, 0.5) is 0 Å². The molecule has 2 aliphatic rings. The number of nitrogens with one attached hydrogen (secondary N) is 1. The molecule has 1 aliphatic carbocycles. The maximum Gasteiger partial charge on any atom is 0.123 e. The fourth-order valence-electron chi connectivity index (χ4n) is 3.77. The number of hydrogen-bond donors (Lipinski definition) is 1. The Morgan fingerprint density at radius 2 is 2.22 bits per heavy atom. The third-order valence-corrected chi connectivity index (χ3v) is 4.61. The van der Waals surface area contributed by atoms with Gasteiger partial charge in [0.25, 0.3) is 0 Å². The lowest BCUT2D eigenvalue weighted by Crippen LogP contribution is -2.41. The molecule has 0 amide bonds. The van der Waals surface area contributed by atoms with Gasteiger partial charge >= 0.3 is 0 Å². The summed E-state index contributed by atoms with van der Waals surface area (Å²) in [5.41, 5.74) is 1.57. The fraction of sp³-hybridized carbons (Fsp3) is 0.625. The molecule has 1 saturated carbocycles. The molecule has 18 heavy (non-hydrogen) atoms. The number of hydrogen-bond acceptors (Lipinski definition) is 2. The third-order valence-electron chi connectivity index (χ3n) is 4.61. The van der Waals surface area contributed by atoms with Gasteiger partial charge in [-0.1, -0.05) is 24.6 Å². The van der Waals surface area contributed by atoms with Crippen LogP contribution in [0.1, 0.15) is 50.0 Å². The first-order chi connectivity index (χ1) is 8.86. The van der Waals surface area contributed by atoms with E-state index in [0.29, 0.717) is 5.92 Å². The molecule has 2 nitrogen and oxygen atoms in total. The Hall–Kier alpha value is -1.02. The molecular formula is C16H23NO. The van der Waals surface area contributed by atoms with Crippen molar-refractivity contribution >= 4 is 0 Å². The van der Waals surface area contributed by atoms with E-state index in [2.05, 4.69) is 29.6 Å². The molecule has 1 N–H and O–H groups in total. The van der Waals surface area contributed by atoms with E-state index < -0.39 is 0 Å². The van der Waals surface area contributed by atoms with Gasteiger partial charge in [-0.3, -0.25) is 0 Å². The van der Waals surface area contributed by atoms with Crippen molar-refractivity contribution in [2.75, 3.05) is 13.6 Å². The lowest BCUT2D eigenvalue weighted by atomic mass is 9.71. The number of ether oxygens (including phenoxy) is 1. The van der Waals surface area contributed by atoms with Gasteiger partial charge in [0.1, 0.15) is 11.4 Å². The summed E-state index contributed by atoms with van der Waals surface area (Å²) in [6.45, 7) is 1.09. The van der Waals surface area contributed by atoms with E-state index in [0.717, 1.165) is 12.3 Å². The maximum atomic E-state index is 6.42. The van der Waals surface area contributed by atoms with E-state index in [-0.39, 0.29) is 5.60 Å². The van der Waals surface area contributed by atoms with Gasteiger partial charge in [0.05, 0.1) is 0 Å². The zero-order valence-corrected chi connectivity index (χ0v) is 11.2. The molecule has 2 atom stereocenters. The Labute approximate surface area is 110 Å². The average Bonchev–Trinajstić information content (AvgIpc) is 2.73. The van der Waals surface area contributed by atoms with Crippen LogP contribution in [0, 0.1) is 0 Å². The summed E-state index contributed by atoms with van der Waals surface area (Å²) in [7, 11) is 2.03. The van der Waals surface area contributed by atoms with Crippen LogP contribution in [0.5, 0.6) is 5.75 Å². The second-order valence-corrected chi connectivity index (χ2v) is 5.71. The van der Waals surface area contributed by atoms with Crippen molar-refractivity contribution in [3.63, 3.8) is 0 Å². The Morgan fingerprint density at radius 1 is 1.33 bits per heavy atom. The highest BCUT2D eigenvalue weighted by Gasteiger charge is 2.48. The monoisotopic (exact) mass is 245 g/mol. The predicted molar refractivity (Wildman–Crippen MR) is 74.2 cm³/mol. The van der Waals surface area contributed by atoms with E-state index >= 15 is 0 Å². The number of rotatable bonds is 4. The van der Waals surface area contributed by atoms with Crippen molar-refractivity contribution in [3.8, 4) is 5.75 Å². The van der Waals surface area contributed by atoms with Gasteiger partial charge in [-0.05, 0) is 51.8 Å². The smallest absolute Gasteiger partial charge is 0.123 e. The molecule has 1 fully saturated rings. The zero-order valence-electron chi connectivity index (χ0n) is 11.2. The predicted octanol–water partition coefficient (Wildman–Crippen LogP) is 3.48. The molecule has 0 radical (unpaired) electrons. The molecule has 0 bridgehead atoms. The lowest BCUT2D eigenvalue weighted by Gasteiger charge is -2.38. The Morgan fingerprint density at radius 3 is 3.11 bits per heavy atom. The SMILES string of the molecule is CNCCC[C@]12CCCC[C@H]1c1ccccc1O2. The molecule has 1 aromatic rings. The second kappa shape index (κ2) is 4.93. The standard InChI is InChI=1S/C16H23NO/c1-17-12-6-11-16-10-5-4-8-14(16)13-7-2-3-9-15(13)18-16/h2-3,7,9,14,17H,4-6,8,10-12H2,1H3/t14-,16+/m0/s1. The summed E-state index contributed by atoms with van der Waals surface area (Å²) < 4.78 is 6.42. The Bertz CT molecular complexity index is 417. The summed E-state index contributed by atoms with van der Waals surface area (Å²) in [6.07, 6.45) is 7.61. The van der Waals surface area contributed by atoms with Crippen LogP contribution in [-0.2, 0) is 0 Å². The molecular weight excluding hydrogens is 222 g/mol. The van der Waals surface area contributed by atoms with Crippen molar-refractivity contribution in [2.45, 2.75) is 50.0 Å². The quantitative estimate of drug-likeness (QED) is 0.820. The van der Waals surface area contributed by atoms with Gasteiger partial charge in [0.2, 0.25) is 0 Å². The van der Waals surface area contributed by atoms with Gasteiger partial charge in [0, 0.05) is 11.5 Å². The van der Waals surface area contributed by atoms with E-state index in [1.807, 2.05) is 7.05 Å². The minimum Gasteiger partial charge on any atom is -0.486 e. The molecule has 98 valence electrons. The normalized spacial score (nSPS) is 29.5. The lowest BCUT2D eigenvalue weighted by molar-refractivity contribution is 0.0256. The van der Waals surface area contributed by atoms with E-state index in [1.165, 1.54) is 44.1 Å². The highest BCUT2D eigenvalue weighted by atomic mass is 16.5. The second-order valence-electron chi connectivity index (χ2n) is 5.71. The Balaban J connectivity index is 1.84. The van der Waals surface area contributed by atoms with E-state index in [4.69, 9.17) is 4.74 Å². The average molecular weight is 245 g/mol. The van der Waals surface area contributed by atoms with Crippen LogP contribution >= 0.6 is 0 Å². The van der Waals surface area contributed by atoms with Gasteiger partial charge in [0.15, 0.2) is 0 Å². The van der Waals surface area contributed by atoms with Crippen LogP contribution < -0.4 is 10.1 Å². The van der Waals surface area contributed by atoms with Crippen molar-refractivity contribution in [2.24, 2.45) is 0 Å². The van der Waals surface area contributed by atoms with Crippen molar-refractivity contribution in [1.29, 1.82) is 0 Å². The summed E-state index contributed by atoms with van der Waals surface area (Å²) in [5.74, 6) is 1.79. The number of fused-ring (bicyclic) bond motifs is 3. The van der Waals surface area contributed by atoms with Crippen LogP contribution in [0.2, 0.25) is 0 Å². The van der Waals surface area contributed by atoms with Gasteiger partial charge in [-0.2, -0.15) is 0 Å². The molecule has 0 spiro atoms. The molecule has 1 aliphatic heterocycles. The number of benzene rings is 1. The van der Waals surface area contributed by atoms with Crippen LogP contribution in [-0.4, -0.2) is 19.2 Å². The van der Waals surface area contributed by atoms with Crippen molar-refractivity contribution < 1.29 is 4.74 Å². The first kappa shape index (κ1) is 12.0. The summed E-state index contributed by atoms with van der Waals surface area (Å²) >= 11 is 0. The molecule has 0 unspecified atom stereocenters. The minimum atomic E-state index is 0.110. The molecule has 1 heterocycles. The molecule has 2 heteroatoms. The molecule has 1 aromatic carbocycles. The molecule has 0 aromatic heterocycles. The van der Waals surface area contributed by atoms with Crippen molar-refractivity contribution in [1.82, 2.24) is 5.32 Å². The van der Waals surface area contributed by atoms with Crippen LogP contribution in [0.15, 0.2) is 24.3 Å². The molecule has 3 rings (SSSR count). The first-order valence-corrected chi connectivity index (χ1v) is 7.28. The van der Waals surface area contributed by atoms with Gasteiger partial charge < -0.3 is 10.1 Å². The van der Waals surface area contributed by atoms with Gasteiger partial charge in [-0.25, -0.2) is 0 Å². The summed E-state index contributed by atoms with van der Waals surface area (Å²) in [4.78, 5) is 0. The zero-order chi connectivity index (χ0) is 12.4. The first-order valence-electron chi connectivity index (χ1n) is 7.28. The van der Waals surface area contributed by atoms with Crippen molar-refractivity contribution in [3.05, 3.63) is 29.8 Å². The fourth-order valence-corrected chi connectivity index (χ4v) is 3.77. The number of para-hydroxylation sites is 1.